The van der Waals surface area contributed by atoms with Gasteiger partial charge in [0.15, 0.2) is 0 Å². The number of carbonyl (C=O) groups excluding carboxylic acids is 1. The summed E-state index contributed by atoms with van der Waals surface area (Å²) >= 11 is 3.31. The van der Waals surface area contributed by atoms with Crippen LogP contribution < -0.4 is 11.3 Å². The molecule has 0 aliphatic carbocycles. The van der Waals surface area contributed by atoms with E-state index in [4.69, 9.17) is 10.6 Å². The van der Waals surface area contributed by atoms with E-state index < -0.39 is 0 Å². The molecular weight excluding hydrogens is 260 g/mol. The first kappa shape index (κ1) is 12.0. The second kappa shape index (κ2) is 5.72. The molecule has 3 N–H and O–H groups in total. The Balaban J connectivity index is 3.05. The zero-order valence-electron chi connectivity index (χ0n) is 8.42. The summed E-state index contributed by atoms with van der Waals surface area (Å²) in [7, 11) is 0. The van der Waals surface area contributed by atoms with E-state index in [0.29, 0.717) is 23.2 Å². The van der Waals surface area contributed by atoms with Crippen molar-refractivity contribution in [2.75, 3.05) is 12.0 Å². The monoisotopic (exact) mass is 272 g/mol. The van der Waals surface area contributed by atoms with Gasteiger partial charge in [-0.2, -0.15) is 0 Å². The first-order chi connectivity index (χ1) is 7.22. The first-order valence-corrected chi connectivity index (χ1v) is 5.67. The molecule has 0 saturated heterocycles. The fourth-order valence-corrected chi connectivity index (χ4v) is 1.67. The van der Waals surface area contributed by atoms with Gasteiger partial charge >= 0.3 is 5.97 Å². The Labute approximate surface area is 96.9 Å². The first-order valence-electron chi connectivity index (χ1n) is 4.55. The minimum absolute atomic E-state index is 0.330. The Morgan fingerprint density at radius 3 is 2.87 bits per heavy atom. The van der Waals surface area contributed by atoms with Crippen LogP contribution in [0.25, 0.3) is 0 Å². The Hall–Kier alpha value is -1.07. The summed E-state index contributed by atoms with van der Waals surface area (Å²) < 4.78 is 4.94. The van der Waals surface area contributed by atoms with Gasteiger partial charge in [-0.3, -0.25) is 5.84 Å². The van der Waals surface area contributed by atoms with E-state index in [1.807, 2.05) is 6.07 Å². The molecule has 82 valence electrons. The van der Waals surface area contributed by atoms with Crippen molar-refractivity contribution in [2.45, 2.75) is 12.3 Å². The molecule has 0 aliphatic rings. The van der Waals surface area contributed by atoms with E-state index in [9.17, 15) is 4.79 Å². The molecular formula is C10H13BrN2O2. The van der Waals surface area contributed by atoms with E-state index >= 15 is 0 Å². The number of alkyl halides is 1. The Kier molecular flexibility index (Phi) is 4.58. The van der Waals surface area contributed by atoms with Crippen LogP contribution in [0.1, 0.15) is 22.8 Å². The number of halogens is 1. The van der Waals surface area contributed by atoms with Crippen LogP contribution in [0.3, 0.4) is 0 Å². The van der Waals surface area contributed by atoms with Crippen LogP contribution in [0.5, 0.6) is 0 Å². The predicted octanol–water partition coefficient (Wildman–Crippen LogP) is 2.04. The highest BCUT2D eigenvalue weighted by Gasteiger charge is 2.12. The minimum atomic E-state index is -0.330. The van der Waals surface area contributed by atoms with E-state index in [1.165, 1.54) is 0 Å². The molecule has 1 rings (SSSR count). The molecule has 0 bridgehead atoms. The molecule has 0 fully saturated rings. The fraction of sp³-hybridized carbons (Fsp3) is 0.300. The summed E-state index contributed by atoms with van der Waals surface area (Å²) in [5, 5.41) is 0.603. The summed E-state index contributed by atoms with van der Waals surface area (Å²) in [6.07, 6.45) is 0. The van der Waals surface area contributed by atoms with Crippen molar-refractivity contribution in [3.63, 3.8) is 0 Å². The quantitative estimate of drug-likeness (QED) is 0.381. The Bertz CT molecular complexity index is 355. The molecule has 1 aromatic rings. The number of nitrogens with one attached hydrogen (secondary N) is 1. The van der Waals surface area contributed by atoms with Crippen molar-refractivity contribution >= 4 is 27.6 Å². The average Bonchev–Trinajstić information content (AvgIpc) is 2.28. The largest absolute Gasteiger partial charge is 0.462 e. The number of carbonyl (C=O) groups is 1. The van der Waals surface area contributed by atoms with Crippen LogP contribution in [-0.2, 0) is 10.1 Å². The van der Waals surface area contributed by atoms with Gasteiger partial charge in [-0.15, -0.1) is 0 Å². The molecule has 5 heteroatoms. The Morgan fingerprint density at radius 1 is 1.60 bits per heavy atom. The lowest BCUT2D eigenvalue weighted by Crippen LogP contribution is -2.11. The molecule has 0 atom stereocenters. The number of anilines is 1. The molecule has 0 aromatic heterocycles. The number of nitrogens with two attached hydrogens (primary N) is 1. The maximum absolute atomic E-state index is 11.6. The van der Waals surface area contributed by atoms with Crippen LogP contribution in [0.15, 0.2) is 18.2 Å². The minimum Gasteiger partial charge on any atom is -0.462 e. The summed E-state index contributed by atoms with van der Waals surface area (Å²) in [5.41, 5.74) is 4.59. The normalized spacial score (nSPS) is 9.80. The van der Waals surface area contributed by atoms with E-state index in [1.54, 1.807) is 19.1 Å². The van der Waals surface area contributed by atoms with Crippen LogP contribution in [0, 0.1) is 0 Å². The molecule has 0 saturated carbocycles. The van der Waals surface area contributed by atoms with Gasteiger partial charge < -0.3 is 10.2 Å². The highest BCUT2D eigenvalue weighted by Crippen LogP contribution is 2.18. The summed E-state index contributed by atoms with van der Waals surface area (Å²) in [6, 6.07) is 5.31. The van der Waals surface area contributed by atoms with Crippen LogP contribution in [0.2, 0.25) is 0 Å². The molecule has 0 radical (unpaired) electrons. The van der Waals surface area contributed by atoms with Crippen LogP contribution >= 0.6 is 15.9 Å². The molecule has 0 heterocycles. The lowest BCUT2D eigenvalue weighted by atomic mass is 10.1. The molecule has 0 spiro atoms. The van der Waals surface area contributed by atoms with Crippen LogP contribution in [-0.4, -0.2) is 12.6 Å². The van der Waals surface area contributed by atoms with Gasteiger partial charge in [0.25, 0.3) is 0 Å². The van der Waals surface area contributed by atoms with Gasteiger partial charge in [0.05, 0.1) is 12.2 Å². The van der Waals surface area contributed by atoms with Crippen molar-refractivity contribution < 1.29 is 9.53 Å². The van der Waals surface area contributed by atoms with Crippen molar-refractivity contribution in [3.8, 4) is 0 Å². The van der Waals surface area contributed by atoms with Crippen molar-refractivity contribution in [1.29, 1.82) is 0 Å². The van der Waals surface area contributed by atoms with Crippen molar-refractivity contribution in [3.05, 3.63) is 29.3 Å². The lowest BCUT2D eigenvalue weighted by Gasteiger charge is -2.08. The zero-order chi connectivity index (χ0) is 11.3. The number of benzene rings is 1. The Morgan fingerprint density at radius 2 is 2.33 bits per heavy atom. The van der Waals surface area contributed by atoms with Gasteiger partial charge in [-0.1, -0.05) is 22.0 Å². The highest BCUT2D eigenvalue weighted by atomic mass is 79.9. The van der Waals surface area contributed by atoms with Gasteiger partial charge in [-0.05, 0) is 24.6 Å². The van der Waals surface area contributed by atoms with Crippen LogP contribution in [0.4, 0.5) is 5.69 Å². The lowest BCUT2D eigenvalue weighted by molar-refractivity contribution is 0.0525. The summed E-state index contributed by atoms with van der Waals surface area (Å²) in [4.78, 5) is 11.6. The third-order valence-corrected chi connectivity index (χ3v) is 2.52. The second-order valence-corrected chi connectivity index (χ2v) is 3.43. The maximum atomic E-state index is 11.6. The van der Waals surface area contributed by atoms with E-state index in [-0.39, 0.29) is 5.97 Å². The summed E-state index contributed by atoms with van der Waals surface area (Å²) in [6.45, 7) is 2.14. The standard InChI is InChI=1S/C10H13BrN2O2/c1-2-15-10(14)9-5-8(13-12)4-3-7(9)6-11/h3-5,13H,2,6,12H2,1H3. The third-order valence-electron chi connectivity index (χ3n) is 1.92. The molecule has 1 aromatic carbocycles. The topological polar surface area (TPSA) is 64.3 Å². The van der Waals surface area contributed by atoms with Gasteiger partial charge in [0.1, 0.15) is 0 Å². The number of rotatable bonds is 4. The molecule has 15 heavy (non-hydrogen) atoms. The molecule has 0 unspecified atom stereocenters. The number of hydrogen-bond acceptors (Lipinski definition) is 4. The second-order valence-electron chi connectivity index (χ2n) is 2.87. The van der Waals surface area contributed by atoms with Gasteiger partial charge in [0.2, 0.25) is 0 Å². The number of hydrogen-bond donors (Lipinski definition) is 2. The highest BCUT2D eigenvalue weighted by molar-refractivity contribution is 9.08. The van der Waals surface area contributed by atoms with E-state index in [2.05, 4.69) is 21.4 Å². The number of esters is 1. The molecule has 0 aliphatic heterocycles. The zero-order valence-corrected chi connectivity index (χ0v) is 10.0. The number of nitrogen functional groups attached to an aromatic ring is 1. The molecule has 0 amide bonds. The van der Waals surface area contributed by atoms with E-state index in [0.717, 1.165) is 5.56 Å². The third kappa shape index (κ3) is 2.94. The predicted molar refractivity (Wildman–Crippen MR) is 62.8 cm³/mol. The number of hydrazine groups is 1. The fourth-order valence-electron chi connectivity index (χ4n) is 1.18. The van der Waals surface area contributed by atoms with Gasteiger partial charge in [0, 0.05) is 11.0 Å². The molecule has 4 nitrogen and oxygen atoms in total. The smallest absolute Gasteiger partial charge is 0.338 e. The average molecular weight is 273 g/mol. The SMILES string of the molecule is CCOC(=O)c1cc(NN)ccc1CBr. The van der Waals surface area contributed by atoms with Crippen molar-refractivity contribution in [2.24, 2.45) is 5.84 Å². The number of ether oxygens (including phenoxy) is 1. The van der Waals surface area contributed by atoms with Crippen molar-refractivity contribution in [1.82, 2.24) is 0 Å². The maximum Gasteiger partial charge on any atom is 0.338 e. The summed E-state index contributed by atoms with van der Waals surface area (Å²) in [5.74, 6) is 4.94. The van der Waals surface area contributed by atoms with Gasteiger partial charge in [-0.25, -0.2) is 4.79 Å².